The minimum atomic E-state index is 0.524. The lowest BCUT2D eigenvalue weighted by Crippen LogP contribution is -1.84. The molecule has 0 spiro atoms. The van der Waals surface area contributed by atoms with Crippen LogP contribution in [0.4, 0.5) is 0 Å². The lowest BCUT2D eigenvalue weighted by molar-refractivity contribution is 0.845. The summed E-state index contributed by atoms with van der Waals surface area (Å²) in [4.78, 5) is 4.22. The first-order valence-electron chi connectivity index (χ1n) is 3.00. The molecule has 9 heavy (non-hydrogen) atoms. The zero-order valence-corrected chi connectivity index (χ0v) is 6.70. The highest BCUT2D eigenvalue weighted by Gasteiger charge is 2.02. The number of aromatic nitrogens is 2. The molecule has 0 saturated heterocycles. The molecule has 1 rings (SSSR count). The van der Waals surface area contributed by atoms with E-state index in [0.717, 1.165) is 10.8 Å². The van der Waals surface area contributed by atoms with E-state index in [2.05, 4.69) is 23.2 Å². The molecule has 1 heterocycles. The topological polar surface area (TPSA) is 25.8 Å². The standard InChI is InChI=1S/C6H10N2S/c1-4(2)6-7-5(3)8-9-6/h4H,1-3H3. The summed E-state index contributed by atoms with van der Waals surface area (Å²) in [6.07, 6.45) is 0. The average Bonchev–Trinajstić information content (AvgIpc) is 2.14. The number of aryl methyl sites for hydroxylation is 1. The summed E-state index contributed by atoms with van der Waals surface area (Å²) >= 11 is 1.50. The Hall–Kier alpha value is -0.440. The maximum Gasteiger partial charge on any atom is 0.139 e. The first-order valence-corrected chi connectivity index (χ1v) is 3.77. The Morgan fingerprint density at radius 3 is 2.33 bits per heavy atom. The fourth-order valence-electron chi connectivity index (χ4n) is 0.548. The zero-order chi connectivity index (χ0) is 6.85. The Balaban J connectivity index is 2.85. The van der Waals surface area contributed by atoms with Gasteiger partial charge < -0.3 is 0 Å². The van der Waals surface area contributed by atoms with Crippen molar-refractivity contribution < 1.29 is 0 Å². The Kier molecular flexibility index (Phi) is 1.81. The minimum Gasteiger partial charge on any atom is -0.225 e. The van der Waals surface area contributed by atoms with E-state index in [9.17, 15) is 0 Å². The fourth-order valence-corrected chi connectivity index (χ4v) is 1.20. The molecule has 0 amide bonds. The number of nitrogens with zero attached hydrogens (tertiary/aromatic N) is 2. The zero-order valence-electron chi connectivity index (χ0n) is 5.88. The molecule has 0 atom stereocenters. The maximum atomic E-state index is 4.22. The monoisotopic (exact) mass is 142 g/mol. The van der Waals surface area contributed by atoms with Gasteiger partial charge in [-0.2, -0.15) is 4.37 Å². The van der Waals surface area contributed by atoms with Gasteiger partial charge in [0.25, 0.3) is 0 Å². The fraction of sp³-hybridized carbons (Fsp3) is 0.667. The second-order valence-electron chi connectivity index (χ2n) is 2.33. The molecule has 3 heteroatoms. The van der Waals surface area contributed by atoms with E-state index in [1.165, 1.54) is 11.5 Å². The quantitative estimate of drug-likeness (QED) is 0.599. The molecule has 0 unspecified atom stereocenters. The van der Waals surface area contributed by atoms with Crippen LogP contribution in [-0.2, 0) is 0 Å². The molecule has 0 radical (unpaired) electrons. The van der Waals surface area contributed by atoms with Gasteiger partial charge >= 0.3 is 0 Å². The third-order valence-corrected chi connectivity index (χ3v) is 2.14. The molecule has 0 aliphatic rings. The molecule has 0 bridgehead atoms. The molecule has 0 aliphatic carbocycles. The summed E-state index contributed by atoms with van der Waals surface area (Å²) in [7, 11) is 0. The van der Waals surface area contributed by atoms with Crippen LogP contribution in [0, 0.1) is 6.92 Å². The van der Waals surface area contributed by atoms with E-state index in [1.807, 2.05) is 6.92 Å². The Morgan fingerprint density at radius 1 is 1.44 bits per heavy atom. The van der Waals surface area contributed by atoms with Crippen molar-refractivity contribution in [3.63, 3.8) is 0 Å². The first-order chi connectivity index (χ1) is 4.20. The number of hydrogen-bond donors (Lipinski definition) is 0. The molecule has 1 aromatic heterocycles. The molecular weight excluding hydrogens is 132 g/mol. The lowest BCUT2D eigenvalue weighted by Gasteiger charge is -1.92. The van der Waals surface area contributed by atoms with E-state index in [0.29, 0.717) is 5.92 Å². The Morgan fingerprint density at radius 2 is 2.11 bits per heavy atom. The van der Waals surface area contributed by atoms with Crippen molar-refractivity contribution in [1.82, 2.24) is 9.36 Å². The molecular formula is C6H10N2S. The second-order valence-corrected chi connectivity index (χ2v) is 3.12. The van der Waals surface area contributed by atoms with Gasteiger partial charge in [-0.25, -0.2) is 4.98 Å². The molecule has 0 aromatic carbocycles. The van der Waals surface area contributed by atoms with Gasteiger partial charge in [-0.15, -0.1) is 0 Å². The SMILES string of the molecule is Cc1nsc(C(C)C)n1. The van der Waals surface area contributed by atoms with Gasteiger partial charge in [-0.05, 0) is 18.5 Å². The lowest BCUT2D eigenvalue weighted by atomic mass is 10.2. The van der Waals surface area contributed by atoms with Crippen LogP contribution in [0.2, 0.25) is 0 Å². The maximum absolute atomic E-state index is 4.22. The van der Waals surface area contributed by atoms with Crippen molar-refractivity contribution in [2.45, 2.75) is 26.7 Å². The summed E-state index contributed by atoms with van der Waals surface area (Å²) in [5.74, 6) is 1.42. The normalized spacial score (nSPS) is 10.7. The van der Waals surface area contributed by atoms with E-state index in [-0.39, 0.29) is 0 Å². The molecule has 0 aliphatic heterocycles. The highest BCUT2D eigenvalue weighted by atomic mass is 32.1. The van der Waals surface area contributed by atoms with E-state index >= 15 is 0 Å². The third kappa shape index (κ3) is 1.48. The van der Waals surface area contributed by atoms with Crippen LogP contribution in [-0.4, -0.2) is 9.36 Å². The van der Waals surface area contributed by atoms with Crippen LogP contribution in [0.1, 0.15) is 30.6 Å². The minimum absolute atomic E-state index is 0.524. The predicted octanol–water partition coefficient (Wildman–Crippen LogP) is 1.97. The van der Waals surface area contributed by atoms with Gasteiger partial charge in [0, 0.05) is 5.92 Å². The highest BCUT2D eigenvalue weighted by Crippen LogP contribution is 2.15. The van der Waals surface area contributed by atoms with E-state index < -0.39 is 0 Å². The molecule has 50 valence electrons. The van der Waals surface area contributed by atoms with Crippen LogP contribution >= 0.6 is 11.5 Å². The van der Waals surface area contributed by atoms with Gasteiger partial charge in [0.15, 0.2) is 0 Å². The second kappa shape index (κ2) is 2.43. The summed E-state index contributed by atoms with van der Waals surface area (Å²) < 4.78 is 4.07. The number of rotatable bonds is 1. The third-order valence-electron chi connectivity index (χ3n) is 1.04. The van der Waals surface area contributed by atoms with Crippen LogP contribution in [0.25, 0.3) is 0 Å². The van der Waals surface area contributed by atoms with Crippen molar-refractivity contribution in [2.75, 3.05) is 0 Å². The average molecular weight is 142 g/mol. The molecule has 1 aromatic rings. The molecule has 0 fully saturated rings. The predicted molar refractivity (Wildman–Crippen MR) is 38.7 cm³/mol. The number of hydrogen-bond acceptors (Lipinski definition) is 3. The van der Waals surface area contributed by atoms with Crippen molar-refractivity contribution in [3.05, 3.63) is 10.8 Å². The highest BCUT2D eigenvalue weighted by molar-refractivity contribution is 7.05. The largest absolute Gasteiger partial charge is 0.225 e. The van der Waals surface area contributed by atoms with Crippen LogP contribution in [0.5, 0.6) is 0 Å². The van der Waals surface area contributed by atoms with Gasteiger partial charge in [0.1, 0.15) is 10.8 Å². The van der Waals surface area contributed by atoms with Crippen molar-refractivity contribution >= 4 is 11.5 Å². The smallest absolute Gasteiger partial charge is 0.139 e. The Bertz CT molecular complexity index is 193. The molecule has 2 nitrogen and oxygen atoms in total. The summed E-state index contributed by atoms with van der Waals surface area (Å²) in [5.41, 5.74) is 0. The van der Waals surface area contributed by atoms with Gasteiger partial charge in [0.05, 0.1) is 0 Å². The van der Waals surface area contributed by atoms with Gasteiger partial charge in [-0.1, -0.05) is 13.8 Å². The van der Waals surface area contributed by atoms with Crippen LogP contribution in [0.15, 0.2) is 0 Å². The van der Waals surface area contributed by atoms with Crippen LogP contribution in [0.3, 0.4) is 0 Å². The van der Waals surface area contributed by atoms with E-state index in [4.69, 9.17) is 0 Å². The van der Waals surface area contributed by atoms with Crippen molar-refractivity contribution in [2.24, 2.45) is 0 Å². The van der Waals surface area contributed by atoms with Gasteiger partial charge in [0.2, 0.25) is 0 Å². The summed E-state index contributed by atoms with van der Waals surface area (Å²) in [6, 6.07) is 0. The summed E-state index contributed by atoms with van der Waals surface area (Å²) in [6.45, 7) is 6.17. The summed E-state index contributed by atoms with van der Waals surface area (Å²) in [5, 5.41) is 1.13. The van der Waals surface area contributed by atoms with Crippen molar-refractivity contribution in [3.8, 4) is 0 Å². The van der Waals surface area contributed by atoms with Gasteiger partial charge in [-0.3, -0.25) is 0 Å². The molecule has 0 N–H and O–H groups in total. The van der Waals surface area contributed by atoms with Crippen molar-refractivity contribution in [1.29, 1.82) is 0 Å². The first kappa shape index (κ1) is 6.68. The van der Waals surface area contributed by atoms with Crippen LogP contribution < -0.4 is 0 Å². The van der Waals surface area contributed by atoms with E-state index in [1.54, 1.807) is 0 Å². The molecule has 0 saturated carbocycles. The Labute approximate surface area is 59.1 Å².